The molecule has 1 aliphatic rings. The Morgan fingerprint density at radius 3 is 3.07 bits per heavy atom. The van der Waals surface area contributed by atoms with Gasteiger partial charge in [0.25, 0.3) is 5.91 Å². The summed E-state index contributed by atoms with van der Waals surface area (Å²) in [5.41, 5.74) is 0.781. The van der Waals surface area contributed by atoms with Gasteiger partial charge < -0.3 is 10.0 Å². The van der Waals surface area contributed by atoms with Crippen molar-refractivity contribution in [2.75, 3.05) is 19.7 Å². The fraction of sp³-hybridized carbons (Fsp3) is 0.500. The maximum Gasteiger partial charge on any atom is 0.254 e. The minimum Gasteiger partial charge on any atom is -0.396 e. The van der Waals surface area contributed by atoms with Crippen molar-refractivity contribution in [1.82, 2.24) is 4.90 Å². The van der Waals surface area contributed by atoms with Gasteiger partial charge in [-0.15, -0.1) is 11.3 Å². The number of rotatable bonds is 2. The monoisotopic (exact) mass is 337 g/mol. The summed E-state index contributed by atoms with van der Waals surface area (Å²) in [4.78, 5) is 13.8. The third-order valence-electron chi connectivity index (χ3n) is 2.65. The number of nitrogens with zero attached hydrogens (tertiary/aromatic N) is 1. The fourth-order valence-electron chi connectivity index (χ4n) is 1.77. The molecule has 5 heteroatoms. The van der Waals surface area contributed by atoms with Gasteiger partial charge in [0.15, 0.2) is 0 Å². The molecule has 0 aliphatic carbocycles. The number of halogens is 1. The Balaban J connectivity index is 2.03. The van der Waals surface area contributed by atoms with Gasteiger partial charge in [-0.05, 0) is 35.1 Å². The first kappa shape index (κ1) is 11.3. The molecule has 0 bridgehead atoms. The van der Waals surface area contributed by atoms with Gasteiger partial charge in [-0.3, -0.25) is 4.79 Å². The summed E-state index contributed by atoms with van der Waals surface area (Å²) in [5.74, 6) is 0.372. The second kappa shape index (κ2) is 4.80. The first-order chi connectivity index (χ1) is 7.20. The van der Waals surface area contributed by atoms with Crippen LogP contribution in [0.25, 0.3) is 0 Å². The highest BCUT2D eigenvalue weighted by Gasteiger charge is 2.26. The number of likely N-dealkylation sites (tertiary alicyclic amines) is 1. The Morgan fingerprint density at radius 1 is 1.73 bits per heavy atom. The fourth-order valence-corrected chi connectivity index (χ4v) is 3.09. The zero-order chi connectivity index (χ0) is 10.8. The molecule has 0 saturated carbocycles. The van der Waals surface area contributed by atoms with Crippen LogP contribution in [0.5, 0.6) is 0 Å². The number of amides is 1. The Morgan fingerprint density at radius 2 is 2.53 bits per heavy atom. The molecule has 2 rings (SSSR count). The Kier molecular flexibility index (Phi) is 3.63. The van der Waals surface area contributed by atoms with E-state index in [9.17, 15) is 4.79 Å². The molecule has 1 amide bonds. The van der Waals surface area contributed by atoms with E-state index in [1.54, 1.807) is 11.3 Å². The summed E-state index contributed by atoms with van der Waals surface area (Å²) in [6.45, 7) is 1.66. The number of aliphatic hydroxyl groups excluding tert-OH is 1. The largest absolute Gasteiger partial charge is 0.396 e. The minimum absolute atomic E-state index is 0.102. The molecule has 1 unspecified atom stereocenters. The van der Waals surface area contributed by atoms with Crippen LogP contribution in [0.15, 0.2) is 11.4 Å². The molecule has 1 fully saturated rings. The minimum atomic E-state index is 0.102. The SMILES string of the molecule is O=C(c1csc(I)c1)N1CCC(CO)C1. The summed E-state index contributed by atoms with van der Waals surface area (Å²) in [6.07, 6.45) is 0.920. The van der Waals surface area contributed by atoms with Crippen molar-refractivity contribution in [3.8, 4) is 0 Å². The van der Waals surface area contributed by atoms with Crippen molar-refractivity contribution in [1.29, 1.82) is 0 Å². The molecular weight excluding hydrogens is 325 g/mol. The molecule has 0 aromatic carbocycles. The third-order valence-corrected chi connectivity index (χ3v) is 4.43. The average Bonchev–Trinajstić information content (AvgIpc) is 2.84. The van der Waals surface area contributed by atoms with E-state index in [-0.39, 0.29) is 18.4 Å². The maximum atomic E-state index is 12.0. The number of thiophene rings is 1. The lowest BCUT2D eigenvalue weighted by atomic mass is 10.1. The van der Waals surface area contributed by atoms with Gasteiger partial charge in [0.05, 0.1) is 8.45 Å². The first-order valence-corrected chi connectivity index (χ1v) is 6.80. The van der Waals surface area contributed by atoms with Gasteiger partial charge in [-0.25, -0.2) is 0 Å². The third kappa shape index (κ3) is 2.51. The van der Waals surface area contributed by atoms with Crippen molar-refractivity contribution in [3.05, 3.63) is 19.9 Å². The lowest BCUT2D eigenvalue weighted by Crippen LogP contribution is -2.28. The maximum absolute atomic E-state index is 12.0. The summed E-state index contributed by atoms with van der Waals surface area (Å²) < 4.78 is 1.13. The predicted molar refractivity (Wildman–Crippen MR) is 68.1 cm³/mol. The van der Waals surface area contributed by atoms with Gasteiger partial charge in [-0.1, -0.05) is 0 Å². The van der Waals surface area contributed by atoms with Crippen LogP contribution in [0, 0.1) is 8.80 Å². The van der Waals surface area contributed by atoms with Crippen molar-refractivity contribution in [2.45, 2.75) is 6.42 Å². The van der Waals surface area contributed by atoms with Gasteiger partial charge in [0, 0.05) is 31.0 Å². The lowest BCUT2D eigenvalue weighted by molar-refractivity contribution is 0.0782. The Labute approximate surface area is 106 Å². The molecule has 2 heterocycles. The van der Waals surface area contributed by atoms with Gasteiger partial charge in [-0.2, -0.15) is 0 Å². The van der Waals surface area contributed by atoms with Crippen LogP contribution in [0.3, 0.4) is 0 Å². The highest BCUT2D eigenvalue weighted by Crippen LogP contribution is 2.22. The quantitative estimate of drug-likeness (QED) is 0.837. The van der Waals surface area contributed by atoms with Crippen LogP contribution in [0.4, 0.5) is 0 Å². The van der Waals surface area contributed by atoms with E-state index in [2.05, 4.69) is 22.6 Å². The zero-order valence-electron chi connectivity index (χ0n) is 8.15. The molecule has 1 N–H and O–H groups in total. The van der Waals surface area contributed by atoms with Gasteiger partial charge in [0.1, 0.15) is 0 Å². The topological polar surface area (TPSA) is 40.5 Å². The zero-order valence-corrected chi connectivity index (χ0v) is 11.1. The second-order valence-electron chi connectivity index (χ2n) is 3.73. The van der Waals surface area contributed by atoms with Crippen molar-refractivity contribution < 1.29 is 9.90 Å². The molecule has 15 heavy (non-hydrogen) atoms. The number of hydrogen-bond acceptors (Lipinski definition) is 3. The van der Waals surface area contributed by atoms with E-state index in [0.717, 1.165) is 21.4 Å². The summed E-state index contributed by atoms with van der Waals surface area (Å²) in [6, 6.07) is 1.92. The molecule has 1 saturated heterocycles. The van der Waals surface area contributed by atoms with E-state index in [0.29, 0.717) is 6.54 Å². The summed E-state index contributed by atoms with van der Waals surface area (Å²) in [5, 5.41) is 10.9. The average molecular weight is 337 g/mol. The number of carbonyl (C=O) groups is 1. The highest BCUT2D eigenvalue weighted by atomic mass is 127. The highest BCUT2D eigenvalue weighted by molar-refractivity contribution is 14.1. The van der Waals surface area contributed by atoms with Crippen LogP contribution < -0.4 is 0 Å². The van der Waals surface area contributed by atoms with Gasteiger partial charge >= 0.3 is 0 Å². The number of aliphatic hydroxyl groups is 1. The van der Waals surface area contributed by atoms with Crippen LogP contribution >= 0.6 is 33.9 Å². The standard InChI is InChI=1S/C10H12INO2S/c11-9-3-8(6-15-9)10(14)12-2-1-7(4-12)5-13/h3,6-7,13H,1-2,4-5H2. The van der Waals surface area contributed by atoms with Gasteiger partial charge in [0.2, 0.25) is 0 Å². The van der Waals surface area contributed by atoms with Crippen LogP contribution in [0.1, 0.15) is 16.8 Å². The van der Waals surface area contributed by atoms with Crippen molar-refractivity contribution >= 4 is 39.8 Å². The number of carbonyl (C=O) groups excluding carboxylic acids is 1. The molecule has 1 aromatic rings. The second-order valence-corrected chi connectivity index (χ2v) is 6.53. The molecule has 1 aromatic heterocycles. The molecular formula is C10H12INO2S. The smallest absolute Gasteiger partial charge is 0.254 e. The normalized spacial score (nSPS) is 20.9. The van der Waals surface area contributed by atoms with Crippen LogP contribution in [0.2, 0.25) is 0 Å². The lowest BCUT2D eigenvalue weighted by Gasteiger charge is -2.14. The van der Waals surface area contributed by atoms with Crippen molar-refractivity contribution in [2.24, 2.45) is 5.92 Å². The van der Waals surface area contributed by atoms with E-state index < -0.39 is 0 Å². The van der Waals surface area contributed by atoms with E-state index in [4.69, 9.17) is 5.11 Å². The molecule has 0 radical (unpaired) electrons. The van der Waals surface area contributed by atoms with E-state index >= 15 is 0 Å². The predicted octanol–water partition coefficient (Wildman–Crippen LogP) is 1.81. The first-order valence-electron chi connectivity index (χ1n) is 4.85. The van der Waals surface area contributed by atoms with E-state index in [1.807, 2.05) is 16.3 Å². The molecule has 1 aliphatic heterocycles. The molecule has 1 atom stereocenters. The molecule has 0 spiro atoms. The van der Waals surface area contributed by atoms with Crippen LogP contribution in [-0.2, 0) is 0 Å². The summed E-state index contributed by atoms with van der Waals surface area (Å²) in [7, 11) is 0. The van der Waals surface area contributed by atoms with Crippen LogP contribution in [-0.4, -0.2) is 35.6 Å². The Bertz CT molecular complexity index is 366. The number of hydrogen-bond donors (Lipinski definition) is 1. The molecule has 3 nitrogen and oxygen atoms in total. The molecule has 82 valence electrons. The summed E-state index contributed by atoms with van der Waals surface area (Å²) >= 11 is 3.80. The Hall–Kier alpha value is -0.140. The van der Waals surface area contributed by atoms with Crippen molar-refractivity contribution in [3.63, 3.8) is 0 Å². The van der Waals surface area contributed by atoms with E-state index in [1.165, 1.54) is 0 Å².